The van der Waals surface area contributed by atoms with Gasteiger partial charge in [-0.1, -0.05) is 31.2 Å². The molecule has 1 heterocycles. The minimum atomic E-state index is -0.0887. The quantitative estimate of drug-likeness (QED) is 0.818. The summed E-state index contributed by atoms with van der Waals surface area (Å²) in [6, 6.07) is 16.7. The van der Waals surface area contributed by atoms with E-state index in [1.54, 1.807) is 29.2 Å². The maximum absolute atomic E-state index is 13.0. The molecule has 0 bridgehead atoms. The summed E-state index contributed by atoms with van der Waals surface area (Å²) in [5, 5.41) is 0. The molecule has 0 N–H and O–H groups in total. The first-order valence-electron chi connectivity index (χ1n) is 9.62. The Balaban J connectivity index is 1.77. The topological polar surface area (TPSA) is 43.9 Å². The summed E-state index contributed by atoms with van der Waals surface area (Å²) in [7, 11) is 0. The van der Waals surface area contributed by atoms with E-state index in [0.29, 0.717) is 17.7 Å². The molecule has 5 nitrogen and oxygen atoms in total. The smallest absolute Gasteiger partial charge is 0.258 e. The van der Waals surface area contributed by atoms with Gasteiger partial charge in [-0.3, -0.25) is 9.59 Å². The highest BCUT2D eigenvalue weighted by molar-refractivity contribution is 6.07. The molecule has 1 fully saturated rings. The molecule has 0 aliphatic carbocycles. The van der Waals surface area contributed by atoms with Crippen LogP contribution in [0, 0.1) is 0 Å². The van der Waals surface area contributed by atoms with Crippen LogP contribution in [0.5, 0.6) is 0 Å². The van der Waals surface area contributed by atoms with Crippen LogP contribution in [0.3, 0.4) is 0 Å². The van der Waals surface area contributed by atoms with Gasteiger partial charge in [-0.25, -0.2) is 0 Å². The van der Waals surface area contributed by atoms with E-state index >= 15 is 0 Å². The van der Waals surface area contributed by atoms with Crippen molar-refractivity contribution in [2.24, 2.45) is 0 Å². The number of hydrogen-bond acceptors (Lipinski definition) is 3. The van der Waals surface area contributed by atoms with Crippen molar-refractivity contribution in [2.75, 3.05) is 44.2 Å². The molecule has 0 saturated carbocycles. The molecule has 2 amide bonds. The lowest BCUT2D eigenvalue weighted by atomic mass is 10.1. The molecule has 0 radical (unpaired) electrons. The van der Waals surface area contributed by atoms with Crippen molar-refractivity contribution in [1.82, 2.24) is 9.80 Å². The Kier molecular flexibility index (Phi) is 6.24. The van der Waals surface area contributed by atoms with Gasteiger partial charge in [0.1, 0.15) is 0 Å². The average molecular weight is 365 g/mol. The highest BCUT2D eigenvalue weighted by atomic mass is 16.2. The van der Waals surface area contributed by atoms with Crippen molar-refractivity contribution >= 4 is 17.5 Å². The third kappa shape index (κ3) is 4.37. The molecule has 0 atom stereocenters. The van der Waals surface area contributed by atoms with Crippen molar-refractivity contribution in [1.29, 1.82) is 0 Å². The summed E-state index contributed by atoms with van der Waals surface area (Å²) in [6.45, 7) is 8.94. The molecule has 0 aromatic heterocycles. The fourth-order valence-electron chi connectivity index (χ4n) is 3.44. The lowest BCUT2D eigenvalue weighted by molar-refractivity contribution is 0.0643. The minimum absolute atomic E-state index is 0.00293. The number of nitrogens with zero attached hydrogens (tertiary/aromatic N) is 3. The fraction of sp³-hybridized carbons (Fsp3) is 0.364. The first-order valence-corrected chi connectivity index (χ1v) is 9.62. The number of carbonyl (C=O) groups excluding carboxylic acids is 2. The lowest BCUT2D eigenvalue weighted by Gasteiger charge is -2.34. The van der Waals surface area contributed by atoms with Gasteiger partial charge in [0.15, 0.2) is 0 Å². The SMILES string of the molecule is CCN1CCN(C(=O)c2cccc(C(=O)N(CC)c3ccccc3)c2)CC1. The summed E-state index contributed by atoms with van der Waals surface area (Å²) in [6.07, 6.45) is 0. The first kappa shape index (κ1) is 19.1. The second-order valence-corrected chi connectivity index (χ2v) is 6.69. The van der Waals surface area contributed by atoms with Crippen molar-refractivity contribution in [2.45, 2.75) is 13.8 Å². The molecular weight excluding hydrogens is 338 g/mol. The summed E-state index contributed by atoms with van der Waals surface area (Å²) in [4.78, 5) is 31.8. The Morgan fingerprint density at radius 3 is 2.19 bits per heavy atom. The summed E-state index contributed by atoms with van der Waals surface area (Å²) >= 11 is 0. The van der Waals surface area contributed by atoms with Crippen LogP contribution in [-0.2, 0) is 0 Å². The number of piperazine rings is 1. The Hall–Kier alpha value is -2.66. The number of rotatable bonds is 5. The summed E-state index contributed by atoms with van der Waals surface area (Å²) < 4.78 is 0. The Labute approximate surface area is 161 Å². The highest BCUT2D eigenvalue weighted by Gasteiger charge is 2.23. The standard InChI is InChI=1S/C22H27N3O2/c1-3-23-13-15-24(16-14-23)21(26)18-9-8-10-19(17-18)22(27)25(4-2)20-11-6-5-7-12-20/h5-12,17H,3-4,13-16H2,1-2H3. The largest absolute Gasteiger partial charge is 0.336 e. The number of carbonyl (C=O) groups is 2. The Morgan fingerprint density at radius 2 is 1.56 bits per heavy atom. The molecule has 0 unspecified atom stereocenters. The van der Waals surface area contributed by atoms with E-state index in [0.717, 1.165) is 38.4 Å². The van der Waals surface area contributed by atoms with Gasteiger partial charge >= 0.3 is 0 Å². The number of amides is 2. The van der Waals surface area contributed by atoms with Gasteiger partial charge < -0.3 is 14.7 Å². The molecule has 1 aliphatic rings. The van der Waals surface area contributed by atoms with E-state index in [1.807, 2.05) is 42.2 Å². The van der Waals surface area contributed by atoms with Crippen LogP contribution in [-0.4, -0.2) is 60.9 Å². The number of likely N-dealkylation sites (N-methyl/N-ethyl adjacent to an activating group) is 1. The third-order valence-electron chi connectivity index (χ3n) is 5.09. The molecular formula is C22H27N3O2. The first-order chi connectivity index (χ1) is 13.1. The zero-order valence-electron chi connectivity index (χ0n) is 16.1. The molecule has 0 spiro atoms. The third-order valence-corrected chi connectivity index (χ3v) is 5.09. The van der Waals surface area contributed by atoms with Crippen molar-refractivity contribution in [3.05, 3.63) is 65.7 Å². The zero-order chi connectivity index (χ0) is 19.2. The van der Waals surface area contributed by atoms with Gasteiger partial charge in [0, 0.05) is 49.5 Å². The fourth-order valence-corrected chi connectivity index (χ4v) is 3.44. The maximum Gasteiger partial charge on any atom is 0.258 e. The molecule has 2 aromatic carbocycles. The van der Waals surface area contributed by atoms with Crippen molar-refractivity contribution in [3.8, 4) is 0 Å². The number of anilines is 1. The lowest BCUT2D eigenvalue weighted by Crippen LogP contribution is -2.48. The monoisotopic (exact) mass is 365 g/mol. The molecule has 1 aliphatic heterocycles. The molecule has 27 heavy (non-hydrogen) atoms. The molecule has 142 valence electrons. The predicted molar refractivity (Wildman–Crippen MR) is 108 cm³/mol. The number of para-hydroxylation sites is 1. The van der Waals surface area contributed by atoms with Crippen molar-refractivity contribution < 1.29 is 9.59 Å². The molecule has 2 aromatic rings. The summed E-state index contributed by atoms with van der Waals surface area (Å²) in [5.74, 6) is -0.0858. The Bertz CT molecular complexity index is 783. The predicted octanol–water partition coefficient (Wildman–Crippen LogP) is 3.13. The van der Waals surface area contributed by atoms with E-state index in [-0.39, 0.29) is 11.8 Å². The van der Waals surface area contributed by atoms with Crippen LogP contribution in [0.15, 0.2) is 54.6 Å². The summed E-state index contributed by atoms with van der Waals surface area (Å²) in [5.41, 5.74) is 1.98. The van der Waals surface area contributed by atoms with Crippen molar-refractivity contribution in [3.63, 3.8) is 0 Å². The second kappa shape index (κ2) is 8.82. The normalized spacial score (nSPS) is 14.8. The van der Waals surface area contributed by atoms with Crippen LogP contribution < -0.4 is 4.90 Å². The molecule has 5 heteroatoms. The number of hydrogen-bond donors (Lipinski definition) is 0. The van der Waals surface area contributed by atoms with Gasteiger partial charge in [-0.15, -0.1) is 0 Å². The average Bonchev–Trinajstić information content (AvgIpc) is 2.74. The van der Waals surface area contributed by atoms with Gasteiger partial charge in [-0.2, -0.15) is 0 Å². The molecule has 1 saturated heterocycles. The van der Waals surface area contributed by atoms with Gasteiger partial charge in [0.05, 0.1) is 0 Å². The van der Waals surface area contributed by atoms with E-state index in [1.165, 1.54) is 0 Å². The van der Waals surface area contributed by atoms with Crippen LogP contribution in [0.25, 0.3) is 0 Å². The van der Waals surface area contributed by atoms with E-state index in [2.05, 4.69) is 11.8 Å². The van der Waals surface area contributed by atoms with Crippen LogP contribution in [0.4, 0.5) is 5.69 Å². The highest BCUT2D eigenvalue weighted by Crippen LogP contribution is 2.18. The van der Waals surface area contributed by atoms with Gasteiger partial charge in [-0.05, 0) is 43.8 Å². The maximum atomic E-state index is 13.0. The van der Waals surface area contributed by atoms with E-state index in [9.17, 15) is 9.59 Å². The van der Waals surface area contributed by atoms with E-state index in [4.69, 9.17) is 0 Å². The van der Waals surface area contributed by atoms with Crippen LogP contribution in [0.1, 0.15) is 34.6 Å². The number of benzene rings is 2. The second-order valence-electron chi connectivity index (χ2n) is 6.69. The van der Waals surface area contributed by atoms with E-state index < -0.39 is 0 Å². The van der Waals surface area contributed by atoms with Crippen LogP contribution >= 0.6 is 0 Å². The zero-order valence-corrected chi connectivity index (χ0v) is 16.1. The minimum Gasteiger partial charge on any atom is -0.336 e. The van der Waals surface area contributed by atoms with Gasteiger partial charge in [0.2, 0.25) is 0 Å². The Morgan fingerprint density at radius 1 is 0.889 bits per heavy atom. The van der Waals surface area contributed by atoms with Crippen LogP contribution in [0.2, 0.25) is 0 Å². The van der Waals surface area contributed by atoms with Gasteiger partial charge in [0.25, 0.3) is 11.8 Å². The molecule has 3 rings (SSSR count).